The molecule has 0 heterocycles. The molecule has 2 rings (SSSR count). The minimum Gasteiger partial charge on any atom is -0.389 e. The maximum Gasteiger partial charge on any atom is 0.150 e. The van der Waals surface area contributed by atoms with Crippen LogP contribution in [0.3, 0.4) is 0 Å². The molecule has 0 amide bonds. The van der Waals surface area contributed by atoms with Gasteiger partial charge in [0.05, 0.1) is 12.2 Å². The van der Waals surface area contributed by atoms with E-state index >= 15 is 0 Å². The number of halogens is 2. The fraction of sp³-hybridized carbons (Fsp3) is 0.300. The van der Waals surface area contributed by atoms with Gasteiger partial charge in [0.2, 0.25) is 0 Å². The minimum absolute atomic E-state index is 0. The SMILES string of the molecule is Cl.Cl.N[C@@H](Cc1ccccc1C=O)[C@@H](O)[C@H](O)[C@@H](N)Cc1ccccc1C=O. The Morgan fingerprint density at radius 3 is 1.36 bits per heavy atom. The van der Waals surface area contributed by atoms with E-state index in [0.29, 0.717) is 22.3 Å². The van der Waals surface area contributed by atoms with Crippen LogP contribution in [-0.4, -0.2) is 47.1 Å². The first-order chi connectivity index (χ1) is 12.5. The van der Waals surface area contributed by atoms with Gasteiger partial charge >= 0.3 is 0 Å². The number of aliphatic hydroxyl groups is 2. The van der Waals surface area contributed by atoms with Crippen molar-refractivity contribution in [3.05, 3.63) is 70.8 Å². The molecule has 0 radical (unpaired) electrons. The van der Waals surface area contributed by atoms with Crippen LogP contribution in [0.1, 0.15) is 31.8 Å². The second kappa shape index (κ2) is 12.6. The summed E-state index contributed by atoms with van der Waals surface area (Å²) >= 11 is 0. The predicted octanol–water partition coefficient (Wildman–Crippen LogP) is 1.32. The fourth-order valence-electron chi connectivity index (χ4n) is 2.93. The van der Waals surface area contributed by atoms with E-state index in [-0.39, 0.29) is 37.7 Å². The summed E-state index contributed by atoms with van der Waals surface area (Å²) in [5.74, 6) is 0. The van der Waals surface area contributed by atoms with Gasteiger partial charge in [0.25, 0.3) is 0 Å². The molecule has 6 N–H and O–H groups in total. The number of hydrogen-bond donors (Lipinski definition) is 4. The Hall–Kier alpha value is -1.80. The molecule has 0 saturated heterocycles. The monoisotopic (exact) mass is 428 g/mol. The molecule has 0 aromatic heterocycles. The highest BCUT2D eigenvalue weighted by molar-refractivity contribution is 5.85. The minimum atomic E-state index is -1.27. The summed E-state index contributed by atoms with van der Waals surface area (Å²) in [6.07, 6.45) is -0.628. The Morgan fingerprint density at radius 1 is 0.714 bits per heavy atom. The zero-order valence-electron chi connectivity index (χ0n) is 15.2. The number of benzene rings is 2. The number of carbonyl (C=O) groups is 2. The normalized spacial score (nSPS) is 14.6. The summed E-state index contributed by atoms with van der Waals surface area (Å²) in [5.41, 5.74) is 14.4. The van der Waals surface area contributed by atoms with Crippen LogP contribution >= 0.6 is 24.8 Å². The van der Waals surface area contributed by atoms with Gasteiger partial charge in [-0.15, -0.1) is 24.8 Å². The van der Waals surface area contributed by atoms with E-state index in [2.05, 4.69) is 0 Å². The summed E-state index contributed by atoms with van der Waals surface area (Å²) in [5, 5.41) is 20.7. The van der Waals surface area contributed by atoms with Gasteiger partial charge in [-0.2, -0.15) is 0 Å². The summed E-state index contributed by atoms with van der Waals surface area (Å²) < 4.78 is 0. The van der Waals surface area contributed by atoms with Crippen LogP contribution in [0.25, 0.3) is 0 Å². The van der Waals surface area contributed by atoms with Gasteiger partial charge < -0.3 is 21.7 Å². The van der Waals surface area contributed by atoms with Crippen molar-refractivity contribution in [1.29, 1.82) is 0 Å². The molecule has 0 aliphatic heterocycles. The molecule has 0 fully saturated rings. The molecule has 0 aliphatic rings. The lowest BCUT2D eigenvalue weighted by molar-refractivity contribution is -0.00979. The molecule has 6 nitrogen and oxygen atoms in total. The smallest absolute Gasteiger partial charge is 0.150 e. The molecule has 2 aromatic rings. The maximum absolute atomic E-state index is 11.1. The summed E-state index contributed by atoms with van der Waals surface area (Å²) in [6, 6.07) is 12.3. The van der Waals surface area contributed by atoms with Crippen LogP contribution in [0.5, 0.6) is 0 Å². The second-order valence-corrected chi connectivity index (χ2v) is 6.35. The van der Waals surface area contributed by atoms with Crippen molar-refractivity contribution in [2.45, 2.75) is 37.1 Å². The van der Waals surface area contributed by atoms with Crippen molar-refractivity contribution in [3.63, 3.8) is 0 Å². The van der Waals surface area contributed by atoms with Crippen LogP contribution in [0.15, 0.2) is 48.5 Å². The molecule has 8 heteroatoms. The van der Waals surface area contributed by atoms with Gasteiger partial charge in [0, 0.05) is 23.2 Å². The Labute approximate surface area is 176 Å². The molecular formula is C20H26Cl2N2O4. The number of aldehydes is 2. The molecule has 154 valence electrons. The zero-order chi connectivity index (χ0) is 19.1. The highest BCUT2D eigenvalue weighted by atomic mass is 35.5. The second-order valence-electron chi connectivity index (χ2n) is 6.35. The zero-order valence-corrected chi connectivity index (χ0v) is 16.8. The predicted molar refractivity (Wildman–Crippen MR) is 114 cm³/mol. The summed E-state index contributed by atoms with van der Waals surface area (Å²) in [6.45, 7) is 0. The van der Waals surface area contributed by atoms with Crippen molar-refractivity contribution >= 4 is 37.4 Å². The van der Waals surface area contributed by atoms with Crippen molar-refractivity contribution in [3.8, 4) is 0 Å². The maximum atomic E-state index is 11.1. The first kappa shape index (κ1) is 26.2. The van der Waals surface area contributed by atoms with E-state index in [1.807, 2.05) is 0 Å². The molecule has 0 bridgehead atoms. The van der Waals surface area contributed by atoms with E-state index in [4.69, 9.17) is 11.5 Å². The van der Waals surface area contributed by atoms with Crippen LogP contribution in [-0.2, 0) is 12.8 Å². The Morgan fingerprint density at radius 2 is 1.04 bits per heavy atom. The third-order valence-corrected chi connectivity index (χ3v) is 4.50. The first-order valence-electron chi connectivity index (χ1n) is 8.41. The lowest BCUT2D eigenvalue weighted by Gasteiger charge is -2.28. The number of hydrogen-bond acceptors (Lipinski definition) is 6. The molecule has 2 aromatic carbocycles. The van der Waals surface area contributed by atoms with Crippen LogP contribution in [0, 0.1) is 0 Å². The van der Waals surface area contributed by atoms with E-state index in [1.165, 1.54) is 0 Å². The number of nitrogens with two attached hydrogens (primary N) is 2. The average Bonchev–Trinajstić information content (AvgIpc) is 2.67. The molecule has 4 atom stereocenters. The quantitative estimate of drug-likeness (QED) is 0.446. The van der Waals surface area contributed by atoms with Crippen molar-refractivity contribution < 1.29 is 19.8 Å². The van der Waals surface area contributed by atoms with Gasteiger partial charge in [0.15, 0.2) is 0 Å². The van der Waals surface area contributed by atoms with E-state index in [9.17, 15) is 19.8 Å². The van der Waals surface area contributed by atoms with Crippen LogP contribution in [0.2, 0.25) is 0 Å². The first-order valence-corrected chi connectivity index (χ1v) is 8.41. The van der Waals surface area contributed by atoms with E-state index in [0.717, 1.165) is 12.6 Å². The molecular weight excluding hydrogens is 403 g/mol. The summed E-state index contributed by atoms with van der Waals surface area (Å²) in [4.78, 5) is 22.2. The Kier molecular flexibility index (Phi) is 11.8. The highest BCUT2D eigenvalue weighted by Gasteiger charge is 2.29. The number of rotatable bonds is 9. The number of aliphatic hydroxyl groups excluding tert-OH is 2. The van der Waals surface area contributed by atoms with Gasteiger partial charge in [-0.1, -0.05) is 48.5 Å². The fourth-order valence-corrected chi connectivity index (χ4v) is 2.93. The standard InChI is InChI=1S/C20H24N2O4.2ClH/c21-17(9-13-5-1-3-7-15(13)11-23)19(25)20(26)18(22)10-14-6-2-4-8-16(14)12-24;;/h1-8,11-12,17-20,25-26H,9-10,21-22H2;2*1H/t17-,18-,19+,20+;;/m0../s1. The molecule has 28 heavy (non-hydrogen) atoms. The molecule has 0 spiro atoms. The van der Waals surface area contributed by atoms with Gasteiger partial charge in [-0.25, -0.2) is 0 Å². The Bertz CT molecular complexity index is 697. The van der Waals surface area contributed by atoms with E-state index in [1.54, 1.807) is 48.5 Å². The highest BCUT2D eigenvalue weighted by Crippen LogP contribution is 2.15. The van der Waals surface area contributed by atoms with Crippen molar-refractivity contribution in [2.75, 3.05) is 0 Å². The molecule has 0 saturated carbocycles. The topological polar surface area (TPSA) is 127 Å². The molecule has 0 aliphatic carbocycles. The van der Waals surface area contributed by atoms with Gasteiger partial charge in [-0.3, -0.25) is 9.59 Å². The lowest BCUT2D eigenvalue weighted by atomic mass is 9.90. The van der Waals surface area contributed by atoms with Gasteiger partial charge in [0.1, 0.15) is 12.6 Å². The van der Waals surface area contributed by atoms with Crippen molar-refractivity contribution in [1.82, 2.24) is 0 Å². The van der Waals surface area contributed by atoms with E-state index < -0.39 is 24.3 Å². The summed E-state index contributed by atoms with van der Waals surface area (Å²) in [7, 11) is 0. The van der Waals surface area contributed by atoms with Crippen LogP contribution < -0.4 is 11.5 Å². The average molecular weight is 429 g/mol. The van der Waals surface area contributed by atoms with Crippen LogP contribution in [0.4, 0.5) is 0 Å². The van der Waals surface area contributed by atoms with Crippen molar-refractivity contribution in [2.24, 2.45) is 11.5 Å². The third-order valence-electron chi connectivity index (χ3n) is 4.50. The number of carbonyl (C=O) groups excluding carboxylic acids is 2. The Balaban J connectivity index is 0.00000364. The third kappa shape index (κ3) is 6.67. The molecule has 0 unspecified atom stereocenters. The lowest BCUT2D eigenvalue weighted by Crippen LogP contribution is -2.52. The van der Waals surface area contributed by atoms with Gasteiger partial charge in [-0.05, 0) is 24.0 Å². The largest absolute Gasteiger partial charge is 0.389 e.